The molecule has 0 heterocycles. The first-order valence-corrected chi connectivity index (χ1v) is 4.25. The third-order valence-corrected chi connectivity index (χ3v) is 1.91. The number of carbonyl (C=O) groups is 2. The molecule has 1 rings (SSSR count). The Morgan fingerprint density at radius 3 is 2.40 bits per heavy atom. The van der Waals surface area contributed by atoms with Crippen LogP contribution in [-0.4, -0.2) is 57.4 Å². The van der Waals surface area contributed by atoms with E-state index >= 15 is 0 Å². The molecule has 0 aliphatic rings. The zero-order valence-corrected chi connectivity index (χ0v) is 10.8. The maximum atomic E-state index is 11.1. The van der Waals surface area contributed by atoms with E-state index in [-0.39, 0.29) is 58.1 Å². The number of phenols is 1. The predicted molar refractivity (Wildman–Crippen MR) is 55.9 cm³/mol. The summed E-state index contributed by atoms with van der Waals surface area (Å²) >= 11 is 5.30. The summed E-state index contributed by atoms with van der Waals surface area (Å²) in [5, 5.41) is 17.8. The number of hydrogen-bond donors (Lipinski definition) is 2. The van der Waals surface area contributed by atoms with Gasteiger partial charge in [0.2, 0.25) is 0 Å². The third-order valence-electron chi connectivity index (χ3n) is 1.67. The molecule has 0 spiro atoms. The Labute approximate surface area is 113 Å². The summed E-state index contributed by atoms with van der Waals surface area (Å²) in [6, 6.07) is 3.58. The molecule has 4 nitrogen and oxygen atoms in total. The van der Waals surface area contributed by atoms with Crippen molar-refractivity contribution < 1.29 is 19.8 Å². The minimum atomic E-state index is -1.29. The average Bonchev–Trinajstić information content (AvgIpc) is 2.17. The molecule has 1 radical (unpaired) electrons. The first-order valence-electron chi connectivity index (χ1n) is 3.71. The van der Waals surface area contributed by atoms with Crippen molar-refractivity contribution in [3.8, 4) is 5.75 Å². The average molecular weight is 238 g/mol. The maximum absolute atomic E-state index is 11.1. The number of Topliss-reactive ketones (excluding diaryl/α,β-unsaturated/α-hetero) is 1. The minimum Gasteiger partial charge on any atom is -0.507 e. The summed E-state index contributed by atoms with van der Waals surface area (Å²) < 4.78 is 0. The second-order valence-electron chi connectivity index (χ2n) is 2.59. The smallest absolute Gasteiger partial charge is 0.339 e. The molecule has 15 heavy (non-hydrogen) atoms. The molecule has 0 aliphatic carbocycles. The second-order valence-corrected chi connectivity index (χ2v) is 2.86. The SMILES string of the molecule is O=C(CCl)c1ccc(O)c(C(=O)O)c1.[Na]. The monoisotopic (exact) mass is 237 g/mol. The molecule has 0 bridgehead atoms. The van der Waals surface area contributed by atoms with Crippen LogP contribution in [0.25, 0.3) is 0 Å². The van der Waals surface area contributed by atoms with Gasteiger partial charge in [0.25, 0.3) is 0 Å². The van der Waals surface area contributed by atoms with Gasteiger partial charge in [-0.2, -0.15) is 0 Å². The van der Waals surface area contributed by atoms with Crippen LogP contribution in [0.4, 0.5) is 0 Å². The number of hydrogen-bond acceptors (Lipinski definition) is 3. The van der Waals surface area contributed by atoms with Crippen LogP contribution >= 0.6 is 11.6 Å². The fourth-order valence-electron chi connectivity index (χ4n) is 0.958. The zero-order valence-electron chi connectivity index (χ0n) is 8.03. The number of carboxylic acids is 1. The van der Waals surface area contributed by atoms with Gasteiger partial charge >= 0.3 is 5.97 Å². The van der Waals surface area contributed by atoms with Crippen LogP contribution < -0.4 is 0 Å². The van der Waals surface area contributed by atoms with Crippen molar-refractivity contribution in [3.05, 3.63) is 29.3 Å². The van der Waals surface area contributed by atoms with Crippen molar-refractivity contribution in [2.75, 3.05) is 5.88 Å². The van der Waals surface area contributed by atoms with E-state index in [2.05, 4.69) is 0 Å². The van der Waals surface area contributed by atoms with Crippen molar-refractivity contribution >= 4 is 52.9 Å². The Bertz CT molecular complexity index is 392. The number of ketones is 1. The van der Waals surface area contributed by atoms with Gasteiger partial charge in [-0.15, -0.1) is 11.6 Å². The number of carboxylic acid groups (broad SMARTS) is 1. The van der Waals surface area contributed by atoms with Crippen LogP contribution in [0.1, 0.15) is 20.7 Å². The molecule has 0 saturated carbocycles. The number of aromatic hydroxyl groups is 1. The maximum Gasteiger partial charge on any atom is 0.339 e. The first-order chi connectivity index (χ1) is 6.56. The molecule has 0 amide bonds. The van der Waals surface area contributed by atoms with Crippen molar-refractivity contribution in [2.24, 2.45) is 0 Å². The number of benzene rings is 1. The molecule has 0 fully saturated rings. The van der Waals surface area contributed by atoms with Gasteiger partial charge in [-0.1, -0.05) is 0 Å². The van der Waals surface area contributed by atoms with Crippen LogP contribution in [0.15, 0.2) is 18.2 Å². The van der Waals surface area contributed by atoms with Gasteiger partial charge in [-0.25, -0.2) is 4.79 Å². The van der Waals surface area contributed by atoms with Crippen LogP contribution in [0.3, 0.4) is 0 Å². The fourth-order valence-corrected chi connectivity index (χ4v) is 1.11. The molecular weight excluding hydrogens is 231 g/mol. The van der Waals surface area contributed by atoms with Gasteiger partial charge in [-0.05, 0) is 18.2 Å². The number of alkyl halides is 1. The van der Waals surface area contributed by atoms with Gasteiger partial charge in [0.15, 0.2) is 5.78 Å². The number of halogens is 1. The number of carbonyl (C=O) groups excluding carboxylic acids is 1. The molecule has 0 saturated heterocycles. The fraction of sp³-hybridized carbons (Fsp3) is 0.111. The Morgan fingerprint density at radius 2 is 1.93 bits per heavy atom. The Balaban J connectivity index is 0.00000196. The van der Waals surface area contributed by atoms with E-state index in [1.54, 1.807) is 0 Å². The normalized spacial score (nSPS) is 9.13. The second kappa shape index (κ2) is 6.12. The van der Waals surface area contributed by atoms with E-state index in [1.807, 2.05) is 0 Å². The predicted octanol–water partition coefficient (Wildman–Crippen LogP) is 1.13. The number of aromatic carboxylic acids is 1. The Hall–Kier alpha value is -0.550. The molecule has 0 aliphatic heterocycles. The van der Waals surface area contributed by atoms with Crippen molar-refractivity contribution in [2.45, 2.75) is 0 Å². The summed E-state index contributed by atoms with van der Waals surface area (Å²) in [7, 11) is 0. The Morgan fingerprint density at radius 1 is 1.33 bits per heavy atom. The van der Waals surface area contributed by atoms with Crippen molar-refractivity contribution in [1.29, 1.82) is 0 Å². The van der Waals surface area contributed by atoms with Gasteiger partial charge in [0.05, 0.1) is 5.88 Å². The topological polar surface area (TPSA) is 74.6 Å². The summed E-state index contributed by atoms with van der Waals surface area (Å²) in [5.41, 5.74) is -0.129. The zero-order chi connectivity index (χ0) is 10.7. The van der Waals surface area contributed by atoms with E-state index in [9.17, 15) is 9.59 Å². The standard InChI is InChI=1S/C9H7ClO4.Na/c10-4-8(12)5-1-2-7(11)6(3-5)9(13)14;/h1-3,11H,4H2,(H,13,14);. The van der Waals surface area contributed by atoms with Gasteiger partial charge in [-0.3, -0.25) is 4.79 Å². The first kappa shape index (κ1) is 14.5. The molecule has 75 valence electrons. The molecule has 2 N–H and O–H groups in total. The van der Waals surface area contributed by atoms with Gasteiger partial charge in [0, 0.05) is 35.1 Å². The van der Waals surface area contributed by atoms with E-state index in [0.717, 1.165) is 12.1 Å². The van der Waals surface area contributed by atoms with Gasteiger partial charge in [0.1, 0.15) is 11.3 Å². The van der Waals surface area contributed by atoms with Crippen molar-refractivity contribution in [1.82, 2.24) is 0 Å². The quantitative estimate of drug-likeness (QED) is 0.470. The molecule has 0 unspecified atom stereocenters. The molecule has 0 aromatic heterocycles. The molecule has 0 atom stereocenters. The summed E-state index contributed by atoms with van der Waals surface area (Å²) in [6.45, 7) is 0. The van der Waals surface area contributed by atoms with Crippen LogP contribution in [-0.2, 0) is 0 Å². The van der Waals surface area contributed by atoms with E-state index in [0.29, 0.717) is 0 Å². The largest absolute Gasteiger partial charge is 0.507 e. The van der Waals surface area contributed by atoms with E-state index in [4.69, 9.17) is 21.8 Å². The summed E-state index contributed by atoms with van der Waals surface area (Å²) in [6.07, 6.45) is 0. The number of rotatable bonds is 3. The van der Waals surface area contributed by atoms with Crippen LogP contribution in [0.5, 0.6) is 5.75 Å². The molecule has 1 aromatic carbocycles. The van der Waals surface area contributed by atoms with Crippen molar-refractivity contribution in [3.63, 3.8) is 0 Å². The Kier molecular flexibility index (Phi) is 5.90. The van der Waals surface area contributed by atoms with Crippen LogP contribution in [0, 0.1) is 0 Å². The van der Waals surface area contributed by atoms with E-state index < -0.39 is 5.97 Å². The molecular formula is C9H7ClNaO4. The third kappa shape index (κ3) is 3.50. The van der Waals surface area contributed by atoms with E-state index in [1.165, 1.54) is 6.07 Å². The summed E-state index contributed by atoms with van der Waals surface area (Å²) in [4.78, 5) is 21.7. The van der Waals surface area contributed by atoms with Gasteiger partial charge < -0.3 is 10.2 Å². The molecule has 1 aromatic rings. The minimum absolute atomic E-state index is 0. The molecule has 6 heteroatoms. The van der Waals surface area contributed by atoms with Crippen LogP contribution in [0.2, 0.25) is 0 Å². The summed E-state index contributed by atoms with van der Waals surface area (Å²) in [5.74, 6) is -2.26.